The zero-order valence-corrected chi connectivity index (χ0v) is 6.85. The summed E-state index contributed by atoms with van der Waals surface area (Å²) in [7, 11) is 0. The number of hydrogen-bond donors (Lipinski definition) is 1. The van der Waals surface area contributed by atoms with Gasteiger partial charge in [-0.3, -0.25) is 4.79 Å². The molecular formula is C7H11ClO2. The minimum absolute atomic E-state index is 0.339. The summed E-state index contributed by atoms with van der Waals surface area (Å²) in [5.74, 6) is -1.12. The molecule has 0 aliphatic carbocycles. The summed E-state index contributed by atoms with van der Waals surface area (Å²) in [6.45, 7) is 3.38. The molecule has 0 aromatic carbocycles. The van der Waals surface area contributed by atoms with Crippen molar-refractivity contribution in [3.8, 4) is 0 Å². The summed E-state index contributed by atoms with van der Waals surface area (Å²) in [5.41, 5.74) is 0. The van der Waals surface area contributed by atoms with E-state index in [-0.39, 0.29) is 5.92 Å². The van der Waals surface area contributed by atoms with Gasteiger partial charge in [0, 0.05) is 5.03 Å². The van der Waals surface area contributed by atoms with E-state index in [0.717, 1.165) is 0 Å². The molecule has 0 aromatic heterocycles. The second-order valence-electron chi connectivity index (χ2n) is 2.27. The Kier molecular flexibility index (Phi) is 4.12. The molecule has 3 heteroatoms. The van der Waals surface area contributed by atoms with E-state index in [2.05, 4.69) is 0 Å². The van der Waals surface area contributed by atoms with E-state index in [0.29, 0.717) is 11.5 Å². The predicted octanol–water partition coefficient (Wildman–Crippen LogP) is 2.24. The van der Waals surface area contributed by atoms with Crippen LogP contribution in [0.1, 0.15) is 20.3 Å². The summed E-state index contributed by atoms with van der Waals surface area (Å²) in [5, 5.41) is 9.07. The lowest BCUT2D eigenvalue weighted by Crippen LogP contribution is -2.07. The highest BCUT2D eigenvalue weighted by Crippen LogP contribution is 2.07. The summed E-state index contributed by atoms with van der Waals surface area (Å²) in [6, 6.07) is 0. The smallest absolute Gasteiger partial charge is 0.306 e. The maximum atomic E-state index is 10.2. The number of allylic oxidation sites excluding steroid dienone is 2. The molecule has 2 nitrogen and oxygen atoms in total. The van der Waals surface area contributed by atoms with Crippen LogP contribution in [-0.4, -0.2) is 11.1 Å². The third kappa shape index (κ3) is 4.39. The Morgan fingerprint density at radius 1 is 1.80 bits per heavy atom. The van der Waals surface area contributed by atoms with Crippen molar-refractivity contribution in [3.63, 3.8) is 0 Å². The molecular weight excluding hydrogens is 152 g/mol. The fourth-order valence-corrected chi connectivity index (χ4v) is 0.529. The minimum atomic E-state index is -0.783. The average molecular weight is 163 g/mol. The molecule has 10 heavy (non-hydrogen) atoms. The highest BCUT2D eigenvalue weighted by atomic mass is 35.5. The number of halogens is 1. The molecule has 1 atom stereocenters. The van der Waals surface area contributed by atoms with Gasteiger partial charge >= 0.3 is 5.97 Å². The Labute approximate surface area is 65.5 Å². The molecule has 0 radical (unpaired) electrons. The molecule has 0 saturated carbocycles. The zero-order chi connectivity index (χ0) is 8.15. The molecule has 0 rings (SSSR count). The lowest BCUT2D eigenvalue weighted by atomic mass is 10.1. The van der Waals surface area contributed by atoms with Crippen LogP contribution in [0.15, 0.2) is 11.1 Å². The van der Waals surface area contributed by atoms with Gasteiger partial charge in [0.15, 0.2) is 0 Å². The minimum Gasteiger partial charge on any atom is -0.481 e. The lowest BCUT2D eigenvalue weighted by molar-refractivity contribution is -0.140. The fraction of sp³-hybridized carbons (Fsp3) is 0.571. The molecule has 58 valence electrons. The van der Waals surface area contributed by atoms with Gasteiger partial charge in [-0.05, 0) is 13.3 Å². The lowest BCUT2D eigenvalue weighted by Gasteiger charge is -1.99. The number of hydrogen-bond acceptors (Lipinski definition) is 1. The SMILES string of the molecule is C/C(Cl)=C/CC(C)C(=O)O. The molecule has 0 heterocycles. The highest BCUT2D eigenvalue weighted by Gasteiger charge is 2.07. The molecule has 0 saturated heterocycles. The molecule has 0 spiro atoms. The molecule has 0 bridgehead atoms. The number of carbonyl (C=O) groups is 1. The van der Waals surface area contributed by atoms with Crippen molar-refractivity contribution in [1.82, 2.24) is 0 Å². The van der Waals surface area contributed by atoms with Crippen LogP contribution in [0.5, 0.6) is 0 Å². The summed E-state index contributed by atoms with van der Waals surface area (Å²) in [4.78, 5) is 10.2. The van der Waals surface area contributed by atoms with Crippen molar-refractivity contribution >= 4 is 17.6 Å². The molecule has 0 amide bonds. The van der Waals surface area contributed by atoms with Crippen LogP contribution >= 0.6 is 11.6 Å². The standard InChI is InChI=1S/C7H11ClO2/c1-5(7(9)10)3-4-6(2)8/h4-5H,3H2,1-2H3,(H,9,10)/b6-4-. The third-order valence-electron chi connectivity index (χ3n) is 1.17. The Balaban J connectivity index is 3.70. The number of carboxylic acids is 1. The quantitative estimate of drug-likeness (QED) is 0.691. The number of carboxylic acid groups (broad SMARTS) is 1. The molecule has 0 aliphatic heterocycles. The van der Waals surface area contributed by atoms with Gasteiger partial charge in [-0.1, -0.05) is 24.6 Å². The average Bonchev–Trinajstić information content (AvgIpc) is 1.82. The first kappa shape index (κ1) is 9.50. The van der Waals surface area contributed by atoms with Gasteiger partial charge in [-0.15, -0.1) is 0 Å². The van der Waals surface area contributed by atoms with Crippen molar-refractivity contribution in [1.29, 1.82) is 0 Å². The molecule has 0 aromatic rings. The zero-order valence-electron chi connectivity index (χ0n) is 6.10. The van der Waals surface area contributed by atoms with Gasteiger partial charge in [-0.25, -0.2) is 0 Å². The monoisotopic (exact) mass is 162 g/mol. The third-order valence-corrected chi connectivity index (χ3v) is 1.33. The van der Waals surface area contributed by atoms with Crippen molar-refractivity contribution in [3.05, 3.63) is 11.1 Å². The van der Waals surface area contributed by atoms with Gasteiger partial charge in [0.25, 0.3) is 0 Å². The second kappa shape index (κ2) is 4.34. The molecule has 1 N–H and O–H groups in total. The van der Waals surface area contributed by atoms with Crippen LogP contribution in [0.25, 0.3) is 0 Å². The Morgan fingerprint density at radius 2 is 2.30 bits per heavy atom. The van der Waals surface area contributed by atoms with E-state index in [1.165, 1.54) is 0 Å². The molecule has 0 aliphatic rings. The Morgan fingerprint density at radius 3 is 2.60 bits per heavy atom. The van der Waals surface area contributed by atoms with E-state index in [1.54, 1.807) is 19.9 Å². The van der Waals surface area contributed by atoms with Crippen molar-refractivity contribution < 1.29 is 9.90 Å². The first-order valence-corrected chi connectivity index (χ1v) is 3.47. The van der Waals surface area contributed by atoms with Gasteiger partial charge in [0.1, 0.15) is 0 Å². The van der Waals surface area contributed by atoms with E-state index in [4.69, 9.17) is 16.7 Å². The Hall–Kier alpha value is -0.500. The van der Waals surface area contributed by atoms with Crippen molar-refractivity contribution in [2.75, 3.05) is 0 Å². The Bertz CT molecular complexity index is 148. The van der Waals surface area contributed by atoms with Gasteiger partial charge in [-0.2, -0.15) is 0 Å². The summed E-state index contributed by atoms with van der Waals surface area (Å²) in [6.07, 6.45) is 2.21. The van der Waals surface area contributed by atoms with Crippen LogP contribution in [0.4, 0.5) is 0 Å². The largest absolute Gasteiger partial charge is 0.481 e. The van der Waals surface area contributed by atoms with Crippen LogP contribution < -0.4 is 0 Å². The van der Waals surface area contributed by atoms with E-state index in [9.17, 15) is 4.79 Å². The summed E-state index contributed by atoms with van der Waals surface area (Å²) < 4.78 is 0. The maximum absolute atomic E-state index is 10.2. The fourth-order valence-electron chi connectivity index (χ4n) is 0.440. The van der Waals surface area contributed by atoms with E-state index in [1.807, 2.05) is 0 Å². The van der Waals surface area contributed by atoms with Gasteiger partial charge in [0.05, 0.1) is 5.92 Å². The van der Waals surface area contributed by atoms with Crippen LogP contribution in [-0.2, 0) is 4.79 Å². The van der Waals surface area contributed by atoms with Gasteiger partial charge < -0.3 is 5.11 Å². The highest BCUT2D eigenvalue weighted by molar-refractivity contribution is 6.29. The van der Waals surface area contributed by atoms with Gasteiger partial charge in [0.2, 0.25) is 0 Å². The number of aliphatic carboxylic acids is 1. The van der Waals surface area contributed by atoms with E-state index < -0.39 is 5.97 Å². The van der Waals surface area contributed by atoms with Crippen LogP contribution in [0.2, 0.25) is 0 Å². The van der Waals surface area contributed by atoms with Crippen molar-refractivity contribution in [2.24, 2.45) is 5.92 Å². The maximum Gasteiger partial charge on any atom is 0.306 e. The topological polar surface area (TPSA) is 37.3 Å². The van der Waals surface area contributed by atoms with Crippen molar-refractivity contribution in [2.45, 2.75) is 20.3 Å². The predicted molar refractivity (Wildman–Crippen MR) is 41.0 cm³/mol. The molecule has 0 fully saturated rings. The second-order valence-corrected chi connectivity index (χ2v) is 2.86. The van der Waals surface area contributed by atoms with Crippen LogP contribution in [0.3, 0.4) is 0 Å². The van der Waals surface area contributed by atoms with E-state index >= 15 is 0 Å². The normalized spacial score (nSPS) is 14.9. The van der Waals surface area contributed by atoms with Crippen LogP contribution in [0, 0.1) is 5.92 Å². The summed E-state index contributed by atoms with van der Waals surface area (Å²) >= 11 is 5.49. The first-order chi connectivity index (χ1) is 4.54. The first-order valence-electron chi connectivity index (χ1n) is 3.09. The number of rotatable bonds is 3. The molecule has 1 unspecified atom stereocenters.